The summed E-state index contributed by atoms with van der Waals surface area (Å²) in [6.07, 6.45) is 2.43. The van der Waals surface area contributed by atoms with Crippen LogP contribution in [-0.4, -0.2) is 23.5 Å². The number of carbonyl (C=O) groups excluding carboxylic acids is 4. The van der Waals surface area contributed by atoms with Crippen molar-refractivity contribution in [2.24, 2.45) is 0 Å². The lowest BCUT2D eigenvalue weighted by atomic mass is 9.81. The second kappa shape index (κ2) is 5.73. The summed E-state index contributed by atoms with van der Waals surface area (Å²) in [5.74, 6) is -2.27. The topological polar surface area (TPSA) is 86.7 Å². The smallest absolute Gasteiger partial charge is 0.308 e. The van der Waals surface area contributed by atoms with Gasteiger partial charge in [-0.2, -0.15) is 0 Å². The molecule has 3 rings (SSSR count). The third kappa shape index (κ3) is 2.48. The normalized spacial score (nSPS) is 15.9. The maximum Gasteiger partial charge on any atom is 0.308 e. The Kier molecular flexibility index (Phi) is 3.73. The van der Waals surface area contributed by atoms with Crippen LogP contribution in [0.15, 0.2) is 53.3 Å². The van der Waals surface area contributed by atoms with Crippen LogP contribution >= 0.6 is 0 Å². The highest BCUT2D eigenvalue weighted by molar-refractivity contribution is 6.29. The lowest BCUT2D eigenvalue weighted by Gasteiger charge is -2.25. The van der Waals surface area contributed by atoms with Gasteiger partial charge in [-0.1, -0.05) is 24.3 Å². The van der Waals surface area contributed by atoms with Crippen molar-refractivity contribution in [2.75, 3.05) is 0 Å². The lowest BCUT2D eigenvalue weighted by molar-refractivity contribution is -0.137. The molecule has 0 N–H and O–H groups in total. The van der Waals surface area contributed by atoms with Crippen molar-refractivity contribution in [2.45, 2.75) is 13.8 Å². The van der Waals surface area contributed by atoms with E-state index in [1.165, 1.54) is 26.0 Å². The van der Waals surface area contributed by atoms with E-state index in [0.717, 1.165) is 0 Å². The van der Waals surface area contributed by atoms with Crippen LogP contribution in [0.25, 0.3) is 5.76 Å². The lowest BCUT2D eigenvalue weighted by Crippen LogP contribution is -2.25. The van der Waals surface area contributed by atoms with E-state index in [1.807, 2.05) is 0 Å². The predicted molar refractivity (Wildman–Crippen MR) is 82.4 cm³/mol. The molecule has 1 aromatic carbocycles. The van der Waals surface area contributed by atoms with E-state index in [0.29, 0.717) is 5.56 Å². The van der Waals surface area contributed by atoms with Gasteiger partial charge in [0, 0.05) is 25.0 Å². The minimum absolute atomic E-state index is 0.00768. The molecule has 0 aliphatic heterocycles. The molecule has 6 nitrogen and oxygen atoms in total. The second-order valence-corrected chi connectivity index (χ2v) is 5.20. The van der Waals surface area contributed by atoms with Crippen molar-refractivity contribution in [3.8, 4) is 0 Å². The Morgan fingerprint density at radius 3 is 2.08 bits per heavy atom. The fraction of sp³-hybridized carbons (Fsp3) is 0.111. The molecule has 0 atom stereocenters. The minimum Gasteiger partial charge on any atom is -0.426 e. The Bertz CT molecular complexity index is 898. The largest absolute Gasteiger partial charge is 0.426 e. The van der Waals surface area contributed by atoms with Gasteiger partial charge < -0.3 is 9.47 Å². The number of allylic oxidation sites excluding steroid dienone is 4. The number of esters is 2. The molecule has 0 heterocycles. The van der Waals surface area contributed by atoms with Gasteiger partial charge in [0.2, 0.25) is 0 Å². The second-order valence-electron chi connectivity index (χ2n) is 5.20. The first kappa shape index (κ1) is 15.6. The van der Waals surface area contributed by atoms with Gasteiger partial charge in [0.05, 0.1) is 11.1 Å². The highest BCUT2D eigenvalue weighted by Crippen LogP contribution is 2.39. The molecular weight excluding hydrogens is 312 g/mol. The quantitative estimate of drug-likeness (QED) is 0.774. The van der Waals surface area contributed by atoms with Crippen LogP contribution in [0.5, 0.6) is 0 Å². The third-order valence-corrected chi connectivity index (χ3v) is 3.50. The molecule has 0 saturated carbocycles. The molecule has 0 spiro atoms. The molecule has 1 aromatic rings. The number of hydrogen-bond acceptors (Lipinski definition) is 6. The maximum atomic E-state index is 12.8. The molecule has 0 aromatic heterocycles. The van der Waals surface area contributed by atoms with Crippen molar-refractivity contribution in [3.63, 3.8) is 0 Å². The number of hydrogen-bond donors (Lipinski definition) is 0. The van der Waals surface area contributed by atoms with Crippen molar-refractivity contribution < 1.29 is 28.7 Å². The number of ether oxygens (including phenoxy) is 2. The Morgan fingerprint density at radius 2 is 1.46 bits per heavy atom. The molecule has 2 aliphatic rings. The summed E-state index contributed by atoms with van der Waals surface area (Å²) in [6.45, 7) is 2.39. The summed E-state index contributed by atoms with van der Waals surface area (Å²) in [7, 11) is 0. The van der Waals surface area contributed by atoms with Crippen LogP contribution in [-0.2, 0) is 23.9 Å². The van der Waals surface area contributed by atoms with Crippen molar-refractivity contribution in [1.29, 1.82) is 0 Å². The van der Waals surface area contributed by atoms with Crippen molar-refractivity contribution in [1.82, 2.24) is 0 Å². The Labute approximate surface area is 137 Å². The van der Waals surface area contributed by atoms with E-state index in [1.54, 1.807) is 24.3 Å². The highest BCUT2D eigenvalue weighted by Gasteiger charge is 2.38. The summed E-state index contributed by atoms with van der Waals surface area (Å²) in [5, 5.41) is 0. The molecule has 0 fully saturated rings. The summed E-state index contributed by atoms with van der Waals surface area (Å²) < 4.78 is 10.3. The van der Waals surface area contributed by atoms with Crippen LogP contribution in [0.3, 0.4) is 0 Å². The van der Waals surface area contributed by atoms with Crippen LogP contribution < -0.4 is 0 Å². The molecule has 0 amide bonds. The SMILES string of the molecule is CC(=O)OC1=C2C(=O)c3ccccc3C(OC(C)=O)=C2C(=O)C=C1. The Balaban J connectivity index is 2.35. The molecule has 2 aliphatic carbocycles. The van der Waals surface area contributed by atoms with E-state index >= 15 is 0 Å². The summed E-state index contributed by atoms with van der Waals surface area (Å²) in [6, 6.07) is 6.46. The number of carbonyl (C=O) groups is 4. The molecule has 24 heavy (non-hydrogen) atoms. The number of rotatable bonds is 2. The van der Waals surface area contributed by atoms with Gasteiger partial charge in [0.25, 0.3) is 0 Å². The summed E-state index contributed by atoms with van der Waals surface area (Å²) in [5.41, 5.74) is 0.461. The molecule has 0 unspecified atom stereocenters. The fourth-order valence-corrected chi connectivity index (χ4v) is 2.65. The number of Topliss-reactive ketones (excluding diaryl/α,β-unsaturated/α-hetero) is 1. The maximum absolute atomic E-state index is 12.8. The van der Waals surface area contributed by atoms with Gasteiger partial charge in [-0.3, -0.25) is 19.2 Å². The monoisotopic (exact) mass is 324 g/mol. The Hall–Kier alpha value is -3.28. The van der Waals surface area contributed by atoms with Gasteiger partial charge >= 0.3 is 11.9 Å². The molecule has 0 saturated heterocycles. The standard InChI is InChI=1S/C18H12O6/c1-9(19)23-14-8-7-13(21)15-16(14)17(22)11-5-3-4-6-12(11)18(15)24-10(2)20/h3-8H,1-2H3. The first-order chi connectivity index (χ1) is 11.4. The number of benzene rings is 1. The van der Waals surface area contributed by atoms with Crippen molar-refractivity contribution >= 4 is 29.3 Å². The first-order valence-electron chi connectivity index (χ1n) is 7.12. The highest BCUT2D eigenvalue weighted by atomic mass is 16.5. The number of ketones is 2. The van der Waals surface area contributed by atoms with Crippen LogP contribution in [0.1, 0.15) is 29.8 Å². The average Bonchev–Trinajstić information content (AvgIpc) is 2.52. The summed E-state index contributed by atoms with van der Waals surface area (Å²) in [4.78, 5) is 47.9. The molecule has 0 radical (unpaired) electrons. The van der Waals surface area contributed by atoms with Gasteiger partial charge in [-0.15, -0.1) is 0 Å². The van der Waals surface area contributed by atoms with Gasteiger partial charge in [-0.05, 0) is 12.2 Å². The zero-order valence-corrected chi connectivity index (χ0v) is 12.9. The molecule has 120 valence electrons. The van der Waals surface area contributed by atoms with E-state index in [-0.39, 0.29) is 28.2 Å². The van der Waals surface area contributed by atoms with Crippen LogP contribution in [0.2, 0.25) is 0 Å². The van der Waals surface area contributed by atoms with Crippen LogP contribution in [0.4, 0.5) is 0 Å². The van der Waals surface area contributed by atoms with E-state index in [2.05, 4.69) is 0 Å². The zero-order chi connectivity index (χ0) is 17.4. The predicted octanol–water partition coefficient (Wildman–Crippen LogP) is 2.11. The Morgan fingerprint density at radius 1 is 0.833 bits per heavy atom. The average molecular weight is 324 g/mol. The zero-order valence-electron chi connectivity index (χ0n) is 12.9. The molecule has 6 heteroatoms. The number of fused-ring (bicyclic) bond motifs is 2. The molecular formula is C18H12O6. The summed E-state index contributed by atoms with van der Waals surface area (Å²) >= 11 is 0. The van der Waals surface area contributed by atoms with Crippen LogP contribution in [0, 0.1) is 0 Å². The third-order valence-electron chi connectivity index (χ3n) is 3.50. The van der Waals surface area contributed by atoms with Gasteiger partial charge in [0.15, 0.2) is 17.3 Å². The van der Waals surface area contributed by atoms with E-state index in [9.17, 15) is 19.2 Å². The first-order valence-corrected chi connectivity index (χ1v) is 7.12. The fourth-order valence-electron chi connectivity index (χ4n) is 2.65. The minimum atomic E-state index is -0.628. The van der Waals surface area contributed by atoms with E-state index in [4.69, 9.17) is 9.47 Å². The van der Waals surface area contributed by atoms with E-state index < -0.39 is 23.5 Å². The van der Waals surface area contributed by atoms with Gasteiger partial charge in [-0.25, -0.2) is 0 Å². The van der Waals surface area contributed by atoms with Crippen molar-refractivity contribution in [3.05, 3.63) is 64.4 Å². The molecule has 0 bridgehead atoms. The van der Waals surface area contributed by atoms with Gasteiger partial charge in [0.1, 0.15) is 5.76 Å².